The van der Waals surface area contributed by atoms with Gasteiger partial charge in [-0.2, -0.15) is 0 Å². The zero-order valence-electron chi connectivity index (χ0n) is 11.5. The summed E-state index contributed by atoms with van der Waals surface area (Å²) in [6.07, 6.45) is 3.05. The van der Waals surface area contributed by atoms with Gasteiger partial charge in [0.1, 0.15) is 0 Å². The molecule has 1 aliphatic heterocycles. The number of piperidine rings is 1. The third-order valence-electron chi connectivity index (χ3n) is 3.39. The van der Waals surface area contributed by atoms with Gasteiger partial charge in [-0.25, -0.2) is 4.98 Å². The lowest BCUT2D eigenvalue weighted by atomic mass is 9.97. The first-order valence-electron chi connectivity index (χ1n) is 6.79. The van der Waals surface area contributed by atoms with Crippen LogP contribution in [0.5, 0.6) is 5.88 Å². The molecule has 0 aromatic carbocycles. The highest BCUT2D eigenvalue weighted by atomic mass is 16.5. The van der Waals surface area contributed by atoms with E-state index in [2.05, 4.69) is 4.98 Å². The molecule has 0 aliphatic carbocycles. The third-order valence-corrected chi connectivity index (χ3v) is 3.39. The van der Waals surface area contributed by atoms with E-state index in [1.807, 2.05) is 6.92 Å². The summed E-state index contributed by atoms with van der Waals surface area (Å²) in [5.74, 6) is -0.208. The minimum absolute atomic E-state index is 0.119. The number of carbonyl (C=O) groups excluding carboxylic acids is 2. The Labute approximate surface area is 117 Å². The van der Waals surface area contributed by atoms with Crippen LogP contribution in [0.15, 0.2) is 18.3 Å². The molecule has 6 heteroatoms. The van der Waals surface area contributed by atoms with Crippen LogP contribution in [0.1, 0.15) is 30.1 Å². The topological polar surface area (TPSA) is 85.5 Å². The van der Waals surface area contributed by atoms with E-state index in [0.29, 0.717) is 31.1 Å². The lowest BCUT2D eigenvalue weighted by molar-refractivity contribution is -0.123. The zero-order valence-corrected chi connectivity index (χ0v) is 11.5. The molecule has 1 aromatic rings. The number of primary amides is 1. The first kappa shape index (κ1) is 14.3. The third kappa shape index (κ3) is 3.26. The summed E-state index contributed by atoms with van der Waals surface area (Å²) in [5.41, 5.74) is 5.81. The molecule has 0 spiro atoms. The van der Waals surface area contributed by atoms with Gasteiger partial charge < -0.3 is 15.4 Å². The average molecular weight is 277 g/mol. The van der Waals surface area contributed by atoms with Crippen LogP contribution in [-0.2, 0) is 4.79 Å². The molecule has 2 amide bonds. The lowest BCUT2D eigenvalue weighted by Crippen LogP contribution is -2.44. The Bertz CT molecular complexity index is 487. The fraction of sp³-hybridized carbons (Fsp3) is 0.500. The van der Waals surface area contributed by atoms with Crippen LogP contribution in [0.25, 0.3) is 0 Å². The van der Waals surface area contributed by atoms with Gasteiger partial charge in [0, 0.05) is 25.4 Å². The second-order valence-electron chi connectivity index (χ2n) is 4.81. The molecule has 1 fully saturated rings. The van der Waals surface area contributed by atoms with Gasteiger partial charge in [0.15, 0.2) is 0 Å². The van der Waals surface area contributed by atoms with E-state index < -0.39 is 0 Å². The highest BCUT2D eigenvalue weighted by molar-refractivity contribution is 5.94. The summed E-state index contributed by atoms with van der Waals surface area (Å²) >= 11 is 0. The monoisotopic (exact) mass is 277 g/mol. The molecule has 0 unspecified atom stereocenters. The van der Waals surface area contributed by atoms with Gasteiger partial charge in [0.05, 0.1) is 18.1 Å². The molecule has 1 saturated heterocycles. The number of aromatic nitrogens is 1. The van der Waals surface area contributed by atoms with Gasteiger partial charge in [-0.05, 0) is 25.8 Å². The zero-order chi connectivity index (χ0) is 14.5. The molecule has 0 saturated carbocycles. The van der Waals surface area contributed by atoms with Crippen molar-refractivity contribution in [2.75, 3.05) is 19.7 Å². The van der Waals surface area contributed by atoms with E-state index in [0.717, 1.165) is 12.8 Å². The number of rotatable bonds is 4. The van der Waals surface area contributed by atoms with Gasteiger partial charge in [0.2, 0.25) is 11.8 Å². The summed E-state index contributed by atoms with van der Waals surface area (Å²) in [5, 5.41) is 0. The van der Waals surface area contributed by atoms with Crippen molar-refractivity contribution >= 4 is 11.8 Å². The average Bonchev–Trinajstić information content (AvgIpc) is 2.48. The van der Waals surface area contributed by atoms with Crippen LogP contribution in [0.3, 0.4) is 0 Å². The molecule has 2 heterocycles. The van der Waals surface area contributed by atoms with E-state index in [1.54, 1.807) is 17.0 Å². The molecule has 6 nitrogen and oxygen atoms in total. The van der Waals surface area contributed by atoms with Crippen LogP contribution < -0.4 is 10.5 Å². The fourth-order valence-corrected chi connectivity index (χ4v) is 2.32. The molecule has 2 N–H and O–H groups in total. The molecular formula is C14H19N3O3. The Balaban J connectivity index is 2.04. The van der Waals surface area contributed by atoms with Crippen LogP contribution >= 0.6 is 0 Å². The molecule has 0 radical (unpaired) electrons. The van der Waals surface area contributed by atoms with Crippen molar-refractivity contribution < 1.29 is 14.3 Å². The maximum absolute atomic E-state index is 12.3. The second kappa shape index (κ2) is 6.36. The summed E-state index contributed by atoms with van der Waals surface area (Å²) in [4.78, 5) is 29.3. The molecule has 2 rings (SSSR count). The summed E-state index contributed by atoms with van der Waals surface area (Å²) in [6.45, 7) is 3.45. The van der Waals surface area contributed by atoms with Crippen molar-refractivity contribution in [3.8, 4) is 5.88 Å². The van der Waals surface area contributed by atoms with Gasteiger partial charge in [0.25, 0.3) is 5.91 Å². The number of hydrogen-bond acceptors (Lipinski definition) is 4. The fourth-order valence-electron chi connectivity index (χ4n) is 2.32. The minimum atomic E-state index is -0.340. The van der Waals surface area contributed by atoms with E-state index in [4.69, 9.17) is 10.5 Å². The summed E-state index contributed by atoms with van der Waals surface area (Å²) < 4.78 is 5.24. The van der Waals surface area contributed by atoms with Crippen molar-refractivity contribution in [3.05, 3.63) is 23.9 Å². The Hall–Kier alpha value is -2.11. The highest BCUT2D eigenvalue weighted by Gasteiger charge is 2.27. The van der Waals surface area contributed by atoms with Crippen LogP contribution in [0, 0.1) is 5.92 Å². The Morgan fingerprint density at radius 3 is 2.90 bits per heavy atom. The Morgan fingerprint density at radius 1 is 1.50 bits per heavy atom. The van der Waals surface area contributed by atoms with Gasteiger partial charge in [-0.1, -0.05) is 0 Å². The molecule has 1 atom stereocenters. The number of carbonyl (C=O) groups is 2. The predicted molar refractivity (Wildman–Crippen MR) is 73.2 cm³/mol. The molecule has 1 aliphatic rings. The van der Waals surface area contributed by atoms with Crippen LogP contribution in [0.2, 0.25) is 0 Å². The molecule has 0 bridgehead atoms. The van der Waals surface area contributed by atoms with E-state index in [-0.39, 0.29) is 17.7 Å². The molecule has 108 valence electrons. The summed E-state index contributed by atoms with van der Waals surface area (Å²) in [6, 6.07) is 3.36. The first-order chi connectivity index (χ1) is 9.61. The number of ether oxygens (including phenoxy) is 1. The first-order valence-corrected chi connectivity index (χ1v) is 6.79. The Morgan fingerprint density at radius 2 is 2.30 bits per heavy atom. The number of pyridine rings is 1. The van der Waals surface area contributed by atoms with Crippen molar-refractivity contribution in [1.82, 2.24) is 9.88 Å². The SMILES string of the molecule is CCOc1ccc(C(=O)N2CCC[C@@H](C(N)=O)C2)cn1. The second-order valence-corrected chi connectivity index (χ2v) is 4.81. The summed E-state index contributed by atoms with van der Waals surface area (Å²) in [7, 11) is 0. The maximum atomic E-state index is 12.3. The van der Waals surface area contributed by atoms with E-state index in [9.17, 15) is 9.59 Å². The van der Waals surface area contributed by atoms with Gasteiger partial charge in [-0.3, -0.25) is 9.59 Å². The largest absolute Gasteiger partial charge is 0.478 e. The van der Waals surface area contributed by atoms with Crippen molar-refractivity contribution in [2.24, 2.45) is 11.7 Å². The lowest BCUT2D eigenvalue weighted by Gasteiger charge is -2.31. The van der Waals surface area contributed by atoms with Crippen molar-refractivity contribution in [1.29, 1.82) is 0 Å². The number of hydrogen-bond donors (Lipinski definition) is 1. The predicted octanol–water partition coefficient (Wildman–Crippen LogP) is 0.818. The number of nitrogens with zero attached hydrogens (tertiary/aromatic N) is 2. The quantitative estimate of drug-likeness (QED) is 0.882. The van der Waals surface area contributed by atoms with Crippen molar-refractivity contribution in [3.63, 3.8) is 0 Å². The highest BCUT2D eigenvalue weighted by Crippen LogP contribution is 2.18. The van der Waals surface area contributed by atoms with Crippen molar-refractivity contribution in [2.45, 2.75) is 19.8 Å². The van der Waals surface area contributed by atoms with Gasteiger partial charge in [-0.15, -0.1) is 0 Å². The Kier molecular flexibility index (Phi) is 4.55. The normalized spacial score (nSPS) is 18.6. The molecule has 1 aromatic heterocycles. The maximum Gasteiger partial charge on any atom is 0.255 e. The smallest absolute Gasteiger partial charge is 0.255 e. The van der Waals surface area contributed by atoms with E-state index in [1.165, 1.54) is 6.20 Å². The van der Waals surface area contributed by atoms with E-state index >= 15 is 0 Å². The minimum Gasteiger partial charge on any atom is -0.478 e. The standard InChI is InChI=1S/C14H19N3O3/c1-2-20-12-6-5-10(8-16-12)14(19)17-7-3-4-11(9-17)13(15)18/h5-6,8,11H,2-4,7,9H2,1H3,(H2,15,18)/t11-/m1/s1. The molecular weight excluding hydrogens is 258 g/mol. The van der Waals surface area contributed by atoms with Crippen LogP contribution in [0.4, 0.5) is 0 Å². The number of amides is 2. The van der Waals surface area contributed by atoms with Gasteiger partial charge >= 0.3 is 0 Å². The van der Waals surface area contributed by atoms with Crippen LogP contribution in [-0.4, -0.2) is 41.4 Å². The molecule has 20 heavy (non-hydrogen) atoms. The number of nitrogens with two attached hydrogens (primary N) is 1. The number of likely N-dealkylation sites (tertiary alicyclic amines) is 1.